The number of hydrogen-bond acceptors (Lipinski definition) is 6. The van der Waals surface area contributed by atoms with E-state index in [2.05, 4.69) is 4.98 Å². The van der Waals surface area contributed by atoms with Gasteiger partial charge in [-0.2, -0.15) is 10.1 Å². The highest BCUT2D eigenvalue weighted by Gasteiger charge is 2.47. The topological polar surface area (TPSA) is 86.6 Å². The summed E-state index contributed by atoms with van der Waals surface area (Å²) in [4.78, 5) is 32.8. The minimum Gasteiger partial charge on any atom is -0.493 e. The average Bonchev–Trinajstić information content (AvgIpc) is 3.16. The fourth-order valence-corrected chi connectivity index (χ4v) is 4.63. The highest BCUT2D eigenvalue weighted by Crippen LogP contribution is 2.50. The molecule has 1 aromatic heterocycles. The van der Waals surface area contributed by atoms with Gasteiger partial charge in [-0.15, -0.1) is 0 Å². The maximum absolute atomic E-state index is 13.7. The maximum atomic E-state index is 13.7. The third kappa shape index (κ3) is 2.57. The number of hydrogen-bond donors (Lipinski definition) is 0. The van der Waals surface area contributed by atoms with Crippen LogP contribution in [0.2, 0.25) is 0 Å². The molecule has 1 amide bonds. The molecule has 0 saturated heterocycles. The van der Waals surface area contributed by atoms with Crippen LogP contribution in [0.4, 0.5) is 5.69 Å². The summed E-state index contributed by atoms with van der Waals surface area (Å²) in [5.74, 6) is 1.01. The van der Waals surface area contributed by atoms with Crippen LogP contribution in [0.5, 0.6) is 11.5 Å². The molecular formula is C25H18N4O4. The Kier molecular flexibility index (Phi) is 4.10. The summed E-state index contributed by atoms with van der Waals surface area (Å²) in [7, 11) is 3.04. The smallest absolute Gasteiger partial charge is 0.300 e. The van der Waals surface area contributed by atoms with Crippen molar-refractivity contribution in [1.29, 1.82) is 0 Å². The lowest BCUT2D eigenvalue weighted by molar-refractivity contribution is 0.0983. The fraction of sp³-hybridized carbons (Fsp3) is 0.120. The van der Waals surface area contributed by atoms with Crippen LogP contribution in [0.15, 0.2) is 71.5 Å². The number of fused-ring (bicyclic) bond motifs is 8. The predicted octanol–water partition coefficient (Wildman–Crippen LogP) is 3.51. The van der Waals surface area contributed by atoms with E-state index in [-0.39, 0.29) is 11.6 Å². The van der Waals surface area contributed by atoms with E-state index in [1.807, 2.05) is 60.7 Å². The van der Waals surface area contributed by atoms with E-state index in [4.69, 9.17) is 14.6 Å². The Morgan fingerprint density at radius 3 is 2.39 bits per heavy atom. The fourth-order valence-electron chi connectivity index (χ4n) is 4.63. The number of nitrogens with zero attached hydrogens (tertiary/aromatic N) is 4. The first-order valence-electron chi connectivity index (χ1n) is 10.4. The molecule has 6 rings (SSSR count). The minimum absolute atomic E-state index is 0.222. The standard InChI is InChI=1S/C25H18N4O4/c1-32-18-13-12-16-19(21(18)33-2)25(31)28-17-11-7-6-10-15(17)22-26-23(30)20(27-29(22)24(16)28)14-8-4-3-5-9-14/h3-13,24H,1-2H3/t24-/m0/s1. The molecular weight excluding hydrogens is 420 g/mol. The number of carbonyl (C=O) groups is 1. The molecule has 2 aliphatic heterocycles. The van der Waals surface area contributed by atoms with E-state index < -0.39 is 11.7 Å². The molecule has 0 bridgehead atoms. The monoisotopic (exact) mass is 438 g/mol. The van der Waals surface area contributed by atoms with Gasteiger partial charge in [0, 0.05) is 16.7 Å². The molecule has 0 spiro atoms. The lowest BCUT2D eigenvalue weighted by Crippen LogP contribution is -2.39. The Morgan fingerprint density at radius 2 is 1.64 bits per heavy atom. The van der Waals surface area contributed by atoms with Gasteiger partial charge in [-0.1, -0.05) is 48.5 Å². The van der Waals surface area contributed by atoms with Crippen molar-refractivity contribution >= 4 is 11.6 Å². The van der Waals surface area contributed by atoms with Gasteiger partial charge in [0.2, 0.25) is 0 Å². The molecule has 33 heavy (non-hydrogen) atoms. The van der Waals surface area contributed by atoms with Gasteiger partial charge in [0.1, 0.15) is 0 Å². The maximum Gasteiger partial charge on any atom is 0.300 e. The Balaban J connectivity index is 1.68. The molecule has 8 nitrogen and oxygen atoms in total. The van der Waals surface area contributed by atoms with E-state index in [9.17, 15) is 9.59 Å². The number of carbonyl (C=O) groups excluding carboxylic acids is 1. The first-order chi connectivity index (χ1) is 16.1. The summed E-state index contributed by atoms with van der Waals surface area (Å²) < 4.78 is 12.7. The second kappa shape index (κ2) is 7.03. The van der Waals surface area contributed by atoms with E-state index in [0.717, 1.165) is 0 Å². The molecule has 1 atom stereocenters. The molecule has 0 saturated carbocycles. The Morgan fingerprint density at radius 1 is 0.879 bits per heavy atom. The highest BCUT2D eigenvalue weighted by atomic mass is 16.5. The second-order valence-electron chi connectivity index (χ2n) is 7.73. The third-order valence-corrected chi connectivity index (χ3v) is 6.05. The Hall–Kier alpha value is -4.46. The largest absolute Gasteiger partial charge is 0.493 e. The average molecular weight is 438 g/mol. The zero-order valence-corrected chi connectivity index (χ0v) is 17.9. The van der Waals surface area contributed by atoms with Gasteiger partial charge in [0.15, 0.2) is 29.2 Å². The molecule has 2 aliphatic rings. The number of ether oxygens (including phenoxy) is 2. The molecule has 4 aromatic rings. The van der Waals surface area contributed by atoms with Crippen molar-refractivity contribution in [2.75, 3.05) is 19.1 Å². The molecule has 0 aliphatic carbocycles. The molecule has 162 valence electrons. The lowest BCUT2D eigenvalue weighted by Gasteiger charge is -2.34. The van der Waals surface area contributed by atoms with Crippen molar-refractivity contribution in [2.45, 2.75) is 6.17 Å². The van der Waals surface area contributed by atoms with E-state index in [1.165, 1.54) is 14.2 Å². The number of anilines is 1. The molecule has 3 heterocycles. The lowest BCUT2D eigenvalue weighted by atomic mass is 10.0. The SMILES string of the molecule is COc1ccc2c(c1OC)C(=O)N1c3ccccc3-c3nc(=O)c(-c4ccccc4)nn3[C@@H]21. The number of methoxy groups -OCH3 is 2. The number of amides is 1. The van der Waals surface area contributed by atoms with Crippen LogP contribution in [0, 0.1) is 0 Å². The van der Waals surface area contributed by atoms with Crippen LogP contribution in [-0.4, -0.2) is 34.9 Å². The highest BCUT2D eigenvalue weighted by molar-refractivity contribution is 6.15. The van der Waals surface area contributed by atoms with Crippen molar-refractivity contribution in [2.24, 2.45) is 0 Å². The molecule has 8 heteroatoms. The van der Waals surface area contributed by atoms with E-state index >= 15 is 0 Å². The summed E-state index contributed by atoms with van der Waals surface area (Å²) in [6.07, 6.45) is -0.618. The zero-order valence-electron chi connectivity index (χ0n) is 17.9. The number of aromatic nitrogens is 3. The van der Waals surface area contributed by atoms with Crippen molar-refractivity contribution in [3.8, 4) is 34.1 Å². The third-order valence-electron chi connectivity index (χ3n) is 6.05. The van der Waals surface area contributed by atoms with Crippen molar-refractivity contribution < 1.29 is 14.3 Å². The van der Waals surface area contributed by atoms with Crippen LogP contribution in [0.3, 0.4) is 0 Å². The van der Waals surface area contributed by atoms with Crippen LogP contribution < -0.4 is 19.9 Å². The number of para-hydroxylation sites is 1. The number of rotatable bonds is 3. The van der Waals surface area contributed by atoms with Gasteiger partial charge in [-0.25, -0.2) is 4.68 Å². The predicted molar refractivity (Wildman–Crippen MR) is 122 cm³/mol. The summed E-state index contributed by atoms with van der Waals surface area (Å²) >= 11 is 0. The van der Waals surface area contributed by atoms with E-state index in [0.29, 0.717) is 45.3 Å². The summed E-state index contributed by atoms with van der Waals surface area (Å²) in [6, 6.07) is 20.2. The summed E-state index contributed by atoms with van der Waals surface area (Å²) in [5, 5.41) is 4.73. The summed E-state index contributed by atoms with van der Waals surface area (Å²) in [5.41, 5.74) is 2.88. The summed E-state index contributed by atoms with van der Waals surface area (Å²) in [6.45, 7) is 0. The van der Waals surface area contributed by atoms with Gasteiger partial charge in [-0.05, 0) is 18.2 Å². The molecule has 0 radical (unpaired) electrons. The van der Waals surface area contributed by atoms with E-state index in [1.54, 1.807) is 15.6 Å². The Labute approximate surface area is 188 Å². The van der Waals surface area contributed by atoms with Crippen molar-refractivity contribution in [3.05, 3.63) is 88.2 Å². The molecule has 0 fully saturated rings. The van der Waals surface area contributed by atoms with Gasteiger partial charge >= 0.3 is 0 Å². The van der Waals surface area contributed by atoms with Gasteiger partial charge in [0.25, 0.3) is 11.5 Å². The van der Waals surface area contributed by atoms with Crippen LogP contribution in [0.25, 0.3) is 22.6 Å². The van der Waals surface area contributed by atoms with Gasteiger partial charge in [-0.3, -0.25) is 14.5 Å². The van der Waals surface area contributed by atoms with Crippen LogP contribution >= 0.6 is 0 Å². The van der Waals surface area contributed by atoms with Gasteiger partial charge < -0.3 is 9.47 Å². The molecule has 0 N–H and O–H groups in total. The minimum atomic E-state index is -0.618. The quantitative estimate of drug-likeness (QED) is 0.487. The first-order valence-corrected chi connectivity index (χ1v) is 10.4. The number of benzene rings is 3. The van der Waals surface area contributed by atoms with Crippen LogP contribution in [0.1, 0.15) is 22.1 Å². The molecule has 0 unspecified atom stereocenters. The zero-order chi connectivity index (χ0) is 22.7. The Bertz CT molecular complexity index is 1500. The van der Waals surface area contributed by atoms with Gasteiger partial charge in [0.05, 0.1) is 25.5 Å². The second-order valence-corrected chi connectivity index (χ2v) is 7.73. The van der Waals surface area contributed by atoms with Crippen LogP contribution in [-0.2, 0) is 0 Å². The van der Waals surface area contributed by atoms with Crippen molar-refractivity contribution in [1.82, 2.24) is 14.8 Å². The first kappa shape index (κ1) is 19.2. The normalized spacial score (nSPS) is 15.4. The molecule has 3 aromatic carbocycles. The van der Waals surface area contributed by atoms with Crippen molar-refractivity contribution in [3.63, 3.8) is 0 Å².